The second-order valence-corrected chi connectivity index (χ2v) is 4.21. The number of rotatable bonds is 3. The van der Waals surface area contributed by atoms with Gasteiger partial charge in [0.1, 0.15) is 5.76 Å². The summed E-state index contributed by atoms with van der Waals surface area (Å²) in [4.78, 5) is 21.7. The summed E-state index contributed by atoms with van der Waals surface area (Å²) < 4.78 is 5.16. The zero-order valence-corrected chi connectivity index (χ0v) is 10.3. The highest BCUT2D eigenvalue weighted by atomic mass is 35.5. The van der Waals surface area contributed by atoms with Crippen molar-refractivity contribution < 1.29 is 19.1 Å². The molecule has 1 aromatic heterocycles. The molecule has 0 unspecified atom stereocenters. The molecule has 0 spiro atoms. The highest BCUT2D eigenvalue weighted by Gasteiger charge is 2.20. The van der Waals surface area contributed by atoms with E-state index >= 15 is 0 Å². The largest absolute Gasteiger partial charge is 0.475 e. The zero-order valence-electron chi connectivity index (χ0n) is 8.81. The minimum atomic E-state index is -1.58. The number of Topliss-reactive ketones (excluding diaryl/α,β-unsaturated/α-hetero) is 1. The van der Waals surface area contributed by atoms with Crippen molar-refractivity contribution in [2.45, 2.75) is 0 Å². The normalized spacial score (nSPS) is 10.3. The Morgan fingerprint density at radius 2 is 1.67 bits per heavy atom. The van der Waals surface area contributed by atoms with Crippen LogP contribution < -0.4 is 0 Å². The predicted octanol–water partition coefficient (Wildman–Crippen LogP) is 3.52. The second-order valence-electron chi connectivity index (χ2n) is 3.39. The van der Waals surface area contributed by atoms with Crippen LogP contribution >= 0.6 is 23.2 Å². The molecule has 0 atom stereocenters. The van der Waals surface area contributed by atoms with Gasteiger partial charge in [-0.25, -0.2) is 4.79 Å². The Balaban J connectivity index is 2.48. The van der Waals surface area contributed by atoms with Gasteiger partial charge < -0.3 is 9.52 Å². The smallest absolute Gasteiger partial charge is 0.380 e. The quantitative estimate of drug-likeness (QED) is 0.692. The summed E-state index contributed by atoms with van der Waals surface area (Å²) in [6, 6.07) is 7.61. The number of halogens is 2. The second kappa shape index (κ2) is 4.84. The SMILES string of the molecule is O=C(O)C(=O)c1ccc(-c2c(Cl)cccc2Cl)o1. The molecule has 2 rings (SSSR count). The monoisotopic (exact) mass is 284 g/mol. The number of carboxylic acids is 1. The van der Waals surface area contributed by atoms with Crippen LogP contribution in [0.1, 0.15) is 10.6 Å². The Morgan fingerprint density at radius 1 is 1.06 bits per heavy atom. The topological polar surface area (TPSA) is 67.5 Å². The van der Waals surface area contributed by atoms with Crippen LogP contribution in [0, 0.1) is 0 Å². The van der Waals surface area contributed by atoms with Gasteiger partial charge in [-0.05, 0) is 24.3 Å². The first-order chi connectivity index (χ1) is 8.50. The molecule has 1 N–H and O–H groups in total. The van der Waals surface area contributed by atoms with Gasteiger partial charge in [-0.1, -0.05) is 29.3 Å². The summed E-state index contributed by atoms with van der Waals surface area (Å²) in [5, 5.41) is 9.27. The number of aliphatic carboxylic acids is 1. The molecule has 0 fully saturated rings. The van der Waals surface area contributed by atoms with Crippen molar-refractivity contribution in [3.63, 3.8) is 0 Å². The highest BCUT2D eigenvalue weighted by Crippen LogP contribution is 2.35. The summed E-state index contributed by atoms with van der Waals surface area (Å²) in [5.74, 6) is -2.73. The van der Waals surface area contributed by atoms with Gasteiger partial charge in [-0.3, -0.25) is 4.79 Å². The number of hydrogen-bond donors (Lipinski definition) is 1. The molecule has 0 aliphatic heterocycles. The average Bonchev–Trinajstić information content (AvgIpc) is 2.77. The number of carbonyl (C=O) groups is 2. The van der Waals surface area contributed by atoms with Crippen molar-refractivity contribution in [1.29, 1.82) is 0 Å². The zero-order chi connectivity index (χ0) is 13.3. The number of ketones is 1. The molecule has 0 aliphatic rings. The van der Waals surface area contributed by atoms with Crippen molar-refractivity contribution in [2.75, 3.05) is 0 Å². The maximum atomic E-state index is 11.2. The molecule has 0 radical (unpaired) electrons. The molecule has 0 amide bonds. The first kappa shape index (κ1) is 12.7. The van der Waals surface area contributed by atoms with E-state index in [9.17, 15) is 9.59 Å². The third-order valence-electron chi connectivity index (χ3n) is 2.23. The van der Waals surface area contributed by atoms with E-state index in [0.29, 0.717) is 15.6 Å². The fraction of sp³-hybridized carbons (Fsp3) is 0. The lowest BCUT2D eigenvalue weighted by Crippen LogP contribution is -2.11. The average molecular weight is 285 g/mol. The Bertz CT molecular complexity index is 611. The molecule has 1 heterocycles. The lowest BCUT2D eigenvalue weighted by atomic mass is 10.2. The maximum Gasteiger partial charge on any atom is 0.380 e. The molecule has 18 heavy (non-hydrogen) atoms. The van der Waals surface area contributed by atoms with Gasteiger partial charge in [-0.15, -0.1) is 0 Å². The highest BCUT2D eigenvalue weighted by molar-refractivity contribution is 6.40. The summed E-state index contributed by atoms with van der Waals surface area (Å²) in [6.45, 7) is 0. The first-order valence-corrected chi connectivity index (χ1v) is 5.58. The molecule has 0 saturated carbocycles. The Kier molecular flexibility index (Phi) is 3.41. The van der Waals surface area contributed by atoms with E-state index in [1.165, 1.54) is 12.1 Å². The molecule has 1 aromatic carbocycles. The van der Waals surface area contributed by atoms with Gasteiger partial charge in [0.15, 0.2) is 5.76 Å². The van der Waals surface area contributed by atoms with Crippen LogP contribution in [0.25, 0.3) is 11.3 Å². The molecule has 0 bridgehead atoms. The summed E-state index contributed by atoms with van der Waals surface area (Å²) >= 11 is 11.9. The molecule has 2 aromatic rings. The Morgan fingerprint density at radius 3 is 2.22 bits per heavy atom. The number of benzene rings is 1. The van der Waals surface area contributed by atoms with E-state index in [2.05, 4.69) is 0 Å². The van der Waals surface area contributed by atoms with E-state index in [0.717, 1.165) is 0 Å². The standard InChI is InChI=1S/C12H6Cl2O4/c13-6-2-1-3-7(14)10(6)8-4-5-9(18-8)11(15)12(16)17/h1-5H,(H,16,17). The Hall–Kier alpha value is -1.78. The summed E-state index contributed by atoms with van der Waals surface area (Å²) in [6.07, 6.45) is 0. The molecule has 6 heteroatoms. The van der Waals surface area contributed by atoms with Crippen LogP contribution in [0.15, 0.2) is 34.7 Å². The van der Waals surface area contributed by atoms with Crippen LogP contribution in [0.4, 0.5) is 0 Å². The fourth-order valence-corrected chi connectivity index (χ4v) is 2.02. The number of carbonyl (C=O) groups excluding carboxylic acids is 1. The van der Waals surface area contributed by atoms with Gasteiger partial charge in [0.25, 0.3) is 0 Å². The van der Waals surface area contributed by atoms with E-state index in [1.807, 2.05) is 0 Å². The molecule has 0 aliphatic carbocycles. The van der Waals surface area contributed by atoms with E-state index in [4.69, 9.17) is 32.7 Å². The van der Waals surface area contributed by atoms with E-state index < -0.39 is 11.8 Å². The molecule has 4 nitrogen and oxygen atoms in total. The number of carboxylic acid groups (broad SMARTS) is 1. The van der Waals surface area contributed by atoms with Crippen LogP contribution in [0.5, 0.6) is 0 Å². The van der Waals surface area contributed by atoms with Crippen molar-refractivity contribution in [3.8, 4) is 11.3 Å². The van der Waals surface area contributed by atoms with E-state index in [-0.39, 0.29) is 11.5 Å². The fourth-order valence-electron chi connectivity index (χ4n) is 1.43. The predicted molar refractivity (Wildman–Crippen MR) is 66.1 cm³/mol. The minimum Gasteiger partial charge on any atom is -0.475 e. The first-order valence-electron chi connectivity index (χ1n) is 4.82. The van der Waals surface area contributed by atoms with Crippen LogP contribution in [-0.4, -0.2) is 16.9 Å². The molecular formula is C12H6Cl2O4. The van der Waals surface area contributed by atoms with Gasteiger partial charge in [-0.2, -0.15) is 0 Å². The van der Waals surface area contributed by atoms with Gasteiger partial charge in [0.2, 0.25) is 0 Å². The number of hydrogen-bond acceptors (Lipinski definition) is 3. The van der Waals surface area contributed by atoms with Crippen molar-refractivity contribution in [2.24, 2.45) is 0 Å². The third kappa shape index (κ3) is 2.25. The van der Waals surface area contributed by atoms with Crippen LogP contribution in [-0.2, 0) is 4.79 Å². The minimum absolute atomic E-state index is 0.246. The van der Waals surface area contributed by atoms with Crippen LogP contribution in [0.2, 0.25) is 10.0 Å². The lowest BCUT2D eigenvalue weighted by Gasteiger charge is -2.02. The van der Waals surface area contributed by atoms with Gasteiger partial charge in [0.05, 0.1) is 15.6 Å². The van der Waals surface area contributed by atoms with Crippen molar-refractivity contribution in [3.05, 3.63) is 46.1 Å². The number of furan rings is 1. The van der Waals surface area contributed by atoms with Crippen molar-refractivity contribution in [1.82, 2.24) is 0 Å². The molecule has 0 saturated heterocycles. The summed E-state index contributed by atoms with van der Waals surface area (Å²) in [5.41, 5.74) is 0.422. The Labute approximate surface area is 112 Å². The van der Waals surface area contributed by atoms with Gasteiger partial charge >= 0.3 is 11.8 Å². The lowest BCUT2D eigenvalue weighted by molar-refractivity contribution is -0.131. The van der Waals surface area contributed by atoms with Gasteiger partial charge in [0, 0.05) is 0 Å². The maximum absolute atomic E-state index is 11.2. The molecular weight excluding hydrogens is 279 g/mol. The van der Waals surface area contributed by atoms with Crippen molar-refractivity contribution >= 4 is 35.0 Å². The molecule has 92 valence electrons. The third-order valence-corrected chi connectivity index (χ3v) is 2.86. The van der Waals surface area contributed by atoms with Crippen LogP contribution in [0.3, 0.4) is 0 Å². The van der Waals surface area contributed by atoms with E-state index in [1.54, 1.807) is 18.2 Å². The summed E-state index contributed by atoms with van der Waals surface area (Å²) in [7, 11) is 0.